The Morgan fingerprint density at radius 3 is 2.79 bits per heavy atom. The van der Waals surface area contributed by atoms with E-state index in [9.17, 15) is 9.59 Å². The molecule has 2 amide bonds. The van der Waals surface area contributed by atoms with Gasteiger partial charge in [0, 0.05) is 18.8 Å². The molecule has 4 rings (SSSR count). The molecule has 0 atom stereocenters. The van der Waals surface area contributed by atoms with Crippen LogP contribution >= 0.6 is 11.6 Å². The molecule has 4 aromatic heterocycles. The Bertz CT molecular complexity index is 1380. The Morgan fingerprint density at radius 1 is 1.24 bits per heavy atom. The topological polar surface area (TPSA) is 115 Å². The molecule has 0 radical (unpaired) electrons. The Morgan fingerprint density at radius 2 is 2.06 bits per heavy atom. The molecular formula is C22H20ClN7O3. The maximum Gasteiger partial charge on any atom is 0.274 e. The molecule has 10 nitrogen and oxygen atoms in total. The molecule has 0 saturated heterocycles. The van der Waals surface area contributed by atoms with Gasteiger partial charge < -0.3 is 15.4 Å². The van der Waals surface area contributed by atoms with E-state index in [0.717, 1.165) is 0 Å². The summed E-state index contributed by atoms with van der Waals surface area (Å²) >= 11 is 6.27. The Kier molecular flexibility index (Phi) is 6.09. The molecule has 4 heterocycles. The summed E-state index contributed by atoms with van der Waals surface area (Å²) in [7, 11) is 1.44. The molecule has 0 aliphatic carbocycles. The van der Waals surface area contributed by atoms with Crippen LogP contribution in [0.15, 0.2) is 55.4 Å². The monoisotopic (exact) mass is 465 g/mol. The third-order valence-electron chi connectivity index (χ3n) is 4.81. The third kappa shape index (κ3) is 4.15. The lowest BCUT2D eigenvalue weighted by Crippen LogP contribution is -2.29. The first-order valence-electron chi connectivity index (χ1n) is 9.87. The summed E-state index contributed by atoms with van der Waals surface area (Å²) in [6.45, 7) is 5.66. The van der Waals surface area contributed by atoms with Crippen molar-refractivity contribution in [2.75, 3.05) is 19.0 Å². The lowest BCUT2D eigenvalue weighted by atomic mass is 10.1. The van der Waals surface area contributed by atoms with Gasteiger partial charge in [0.1, 0.15) is 5.69 Å². The highest BCUT2D eigenvalue weighted by atomic mass is 35.5. The predicted octanol–water partition coefficient (Wildman–Crippen LogP) is 3.05. The van der Waals surface area contributed by atoms with Crippen molar-refractivity contribution in [3.8, 4) is 11.7 Å². The molecule has 0 aliphatic rings. The van der Waals surface area contributed by atoms with E-state index in [-0.39, 0.29) is 29.6 Å². The van der Waals surface area contributed by atoms with E-state index in [0.29, 0.717) is 21.8 Å². The highest BCUT2D eigenvalue weighted by molar-refractivity contribution is 6.32. The molecule has 0 spiro atoms. The van der Waals surface area contributed by atoms with Crippen LogP contribution < -0.4 is 15.4 Å². The number of methoxy groups -OCH3 is 1. The number of hydrogen-bond donors (Lipinski definition) is 2. The number of carbonyl (C=O) groups excluding carboxylic acids is 2. The van der Waals surface area contributed by atoms with E-state index < -0.39 is 11.8 Å². The lowest BCUT2D eigenvalue weighted by Gasteiger charge is -2.16. The minimum absolute atomic E-state index is 0.116. The molecule has 0 fully saturated rings. The van der Waals surface area contributed by atoms with Crippen LogP contribution in [0.25, 0.3) is 11.3 Å². The number of amides is 2. The zero-order valence-corrected chi connectivity index (χ0v) is 18.6. The molecule has 0 saturated carbocycles. The number of fused-ring (bicyclic) bond motifs is 1. The number of carbonyl (C=O) groups is 2. The van der Waals surface area contributed by atoms with Gasteiger partial charge in [-0.3, -0.25) is 9.59 Å². The molecule has 0 bridgehead atoms. The van der Waals surface area contributed by atoms with Crippen LogP contribution in [0.3, 0.4) is 0 Å². The second-order valence-electron chi connectivity index (χ2n) is 6.96. The highest BCUT2D eigenvalue weighted by Gasteiger charge is 2.24. The number of ether oxygens (including phenoxy) is 1. The molecule has 168 valence electrons. The number of hydrogen-bond acceptors (Lipinski definition) is 6. The van der Waals surface area contributed by atoms with Crippen molar-refractivity contribution in [3.63, 3.8) is 0 Å². The largest absolute Gasteiger partial charge is 0.480 e. The molecule has 4 aromatic rings. The number of anilines is 1. The van der Waals surface area contributed by atoms with Crippen LogP contribution in [0.1, 0.15) is 26.5 Å². The van der Waals surface area contributed by atoms with Gasteiger partial charge in [-0.1, -0.05) is 17.7 Å². The summed E-state index contributed by atoms with van der Waals surface area (Å²) < 4.78 is 7.96. The quantitative estimate of drug-likeness (QED) is 0.405. The van der Waals surface area contributed by atoms with Gasteiger partial charge in [0.05, 0.1) is 29.5 Å². The highest BCUT2D eigenvalue weighted by Crippen LogP contribution is 2.26. The minimum atomic E-state index is -0.542. The first-order valence-corrected chi connectivity index (χ1v) is 10.2. The first kappa shape index (κ1) is 22.0. The van der Waals surface area contributed by atoms with Crippen molar-refractivity contribution in [3.05, 3.63) is 77.4 Å². The fourth-order valence-electron chi connectivity index (χ4n) is 3.31. The number of nitrogens with one attached hydrogen (secondary N) is 2. The number of pyridine rings is 2. The van der Waals surface area contributed by atoms with Gasteiger partial charge in [-0.2, -0.15) is 5.10 Å². The van der Waals surface area contributed by atoms with E-state index in [4.69, 9.17) is 16.3 Å². The average molecular weight is 466 g/mol. The third-order valence-corrected chi connectivity index (χ3v) is 5.10. The van der Waals surface area contributed by atoms with Crippen LogP contribution in [0.2, 0.25) is 5.02 Å². The van der Waals surface area contributed by atoms with Crippen molar-refractivity contribution in [2.45, 2.75) is 6.92 Å². The molecule has 0 aliphatic heterocycles. The zero-order valence-electron chi connectivity index (χ0n) is 17.9. The Labute approximate surface area is 193 Å². The van der Waals surface area contributed by atoms with Crippen molar-refractivity contribution >= 4 is 34.6 Å². The van der Waals surface area contributed by atoms with E-state index >= 15 is 0 Å². The van der Waals surface area contributed by atoms with Gasteiger partial charge >= 0.3 is 0 Å². The number of aromatic nitrogens is 5. The predicted molar refractivity (Wildman–Crippen MR) is 123 cm³/mol. The molecule has 0 aromatic carbocycles. The fraction of sp³-hybridized carbons (Fsp3) is 0.136. The summed E-state index contributed by atoms with van der Waals surface area (Å²) in [4.78, 5) is 30.6. The van der Waals surface area contributed by atoms with Gasteiger partial charge in [0.25, 0.3) is 11.8 Å². The van der Waals surface area contributed by atoms with Crippen molar-refractivity contribution in [1.82, 2.24) is 29.7 Å². The SMILES string of the molecule is C=CCNC(=O)c1c(NC(=O)c2cc(OC)nn2-c2ncccc2Cl)c(C)cc2ccnn12. The fourth-order valence-corrected chi connectivity index (χ4v) is 3.51. The Balaban J connectivity index is 1.80. The van der Waals surface area contributed by atoms with E-state index in [1.807, 2.05) is 6.07 Å². The van der Waals surface area contributed by atoms with Crippen molar-refractivity contribution in [2.24, 2.45) is 0 Å². The summed E-state index contributed by atoms with van der Waals surface area (Å²) in [5.41, 5.74) is 1.98. The lowest BCUT2D eigenvalue weighted by molar-refractivity contribution is 0.0951. The zero-order chi connectivity index (χ0) is 23.5. The standard InChI is InChI=1S/C22H20ClN7O3/c1-4-8-25-22(32)19-18(13(2)11-14-7-10-26-29(14)19)27-21(31)16-12-17(33-3)28-30(16)20-15(23)6-5-9-24-20/h4-7,9-12H,1,8H2,2-3H3,(H,25,32)(H,27,31). The van der Waals surface area contributed by atoms with E-state index in [1.165, 1.54) is 28.6 Å². The van der Waals surface area contributed by atoms with E-state index in [1.54, 1.807) is 37.4 Å². The van der Waals surface area contributed by atoms with Gasteiger partial charge in [0.2, 0.25) is 5.88 Å². The minimum Gasteiger partial charge on any atom is -0.480 e. The van der Waals surface area contributed by atoms with Crippen molar-refractivity contribution < 1.29 is 14.3 Å². The maximum atomic E-state index is 13.4. The van der Waals surface area contributed by atoms with Gasteiger partial charge in [-0.15, -0.1) is 11.7 Å². The Hall–Kier alpha value is -4.18. The second kappa shape index (κ2) is 9.13. The first-order chi connectivity index (χ1) is 15.9. The van der Waals surface area contributed by atoms with Gasteiger partial charge in [-0.05, 0) is 36.8 Å². The van der Waals surface area contributed by atoms with E-state index in [2.05, 4.69) is 32.4 Å². The second-order valence-corrected chi connectivity index (χ2v) is 7.37. The summed E-state index contributed by atoms with van der Waals surface area (Å²) in [6, 6.07) is 8.35. The smallest absolute Gasteiger partial charge is 0.274 e. The van der Waals surface area contributed by atoms with Crippen LogP contribution in [0.5, 0.6) is 5.88 Å². The van der Waals surface area contributed by atoms with Crippen LogP contribution in [-0.2, 0) is 0 Å². The maximum absolute atomic E-state index is 13.4. The van der Waals surface area contributed by atoms with Crippen LogP contribution in [0.4, 0.5) is 5.69 Å². The number of nitrogens with zero attached hydrogens (tertiary/aromatic N) is 5. The van der Waals surface area contributed by atoms with Crippen LogP contribution in [-0.4, -0.2) is 49.8 Å². The molecule has 0 unspecified atom stereocenters. The normalized spacial score (nSPS) is 10.8. The number of rotatable bonds is 7. The summed E-state index contributed by atoms with van der Waals surface area (Å²) in [5, 5.41) is 14.4. The average Bonchev–Trinajstić information content (AvgIpc) is 3.45. The number of aryl methyl sites for hydroxylation is 1. The number of halogens is 1. The molecule has 11 heteroatoms. The van der Waals surface area contributed by atoms with Gasteiger partial charge in [0.15, 0.2) is 11.5 Å². The molecule has 33 heavy (non-hydrogen) atoms. The van der Waals surface area contributed by atoms with Crippen LogP contribution in [0, 0.1) is 6.92 Å². The van der Waals surface area contributed by atoms with Gasteiger partial charge in [-0.25, -0.2) is 14.2 Å². The van der Waals surface area contributed by atoms with Crippen molar-refractivity contribution in [1.29, 1.82) is 0 Å². The summed E-state index contributed by atoms with van der Waals surface area (Å²) in [6.07, 6.45) is 4.68. The molecule has 2 N–H and O–H groups in total. The molecular weight excluding hydrogens is 446 g/mol. The summed E-state index contributed by atoms with van der Waals surface area (Å²) in [5.74, 6) is -0.498.